The predicted molar refractivity (Wildman–Crippen MR) is 167 cm³/mol. The van der Waals surface area contributed by atoms with E-state index in [2.05, 4.69) is 29.2 Å². The van der Waals surface area contributed by atoms with Gasteiger partial charge in [0.1, 0.15) is 0 Å². The van der Waals surface area contributed by atoms with Gasteiger partial charge in [0.05, 0.1) is 139 Å². The van der Waals surface area contributed by atoms with E-state index in [0.717, 1.165) is 13.0 Å². The monoisotopic (exact) mass is 708 g/mol. The first-order chi connectivity index (χ1) is 20.4. The molecular weight excluding hydrogens is 651 g/mol. The van der Waals surface area contributed by atoms with E-state index in [-0.39, 0.29) is 0 Å². The van der Waals surface area contributed by atoms with E-state index in [9.17, 15) is 0 Å². The summed E-state index contributed by atoms with van der Waals surface area (Å²) in [6.45, 7) is 15.9. The summed E-state index contributed by atoms with van der Waals surface area (Å²) in [4.78, 5) is 0. The molecule has 0 radical (unpaired) electrons. The maximum Gasteiger partial charge on any atom is 0.0704 e. The first-order valence-electron chi connectivity index (χ1n) is 14.9. The van der Waals surface area contributed by atoms with Crippen LogP contribution in [0.15, 0.2) is 12.7 Å². The largest absolute Gasteiger partial charge is 0.379 e. The molecule has 0 N–H and O–H groups in total. The zero-order valence-corrected chi connectivity index (χ0v) is 27.4. The van der Waals surface area contributed by atoms with Crippen LogP contribution in [0.1, 0.15) is 25.7 Å². The molecule has 0 rings (SSSR count). The maximum atomic E-state index is 5.55. The summed E-state index contributed by atoms with van der Waals surface area (Å²) >= 11 is 2.42. The Kier molecular flexibility index (Phi) is 40.1. The maximum absolute atomic E-state index is 5.55. The van der Waals surface area contributed by atoms with Gasteiger partial charge in [-0.3, -0.25) is 0 Å². The Balaban J connectivity index is 3.02. The Morgan fingerprint density at radius 2 is 0.561 bits per heavy atom. The van der Waals surface area contributed by atoms with Gasteiger partial charge in [-0.1, -0.05) is 41.5 Å². The molecule has 0 bridgehead atoms. The molecule has 41 heavy (non-hydrogen) atoms. The van der Waals surface area contributed by atoms with Gasteiger partial charge in [-0.25, -0.2) is 0 Å². The minimum atomic E-state index is 0.522. The molecule has 0 amide bonds. The summed E-state index contributed by atoms with van der Waals surface area (Å²) < 4.78 is 61.1. The number of rotatable bonds is 38. The van der Waals surface area contributed by atoms with E-state index in [1.54, 1.807) is 6.08 Å². The summed E-state index contributed by atoms with van der Waals surface area (Å²) in [6, 6.07) is 0. The highest BCUT2D eigenvalue weighted by Gasteiger charge is 1.96. The Morgan fingerprint density at radius 3 is 0.829 bits per heavy atom. The van der Waals surface area contributed by atoms with Gasteiger partial charge in [0.25, 0.3) is 0 Å². The summed E-state index contributed by atoms with van der Waals surface area (Å²) in [6.07, 6.45) is 6.70. The summed E-state index contributed by atoms with van der Waals surface area (Å²) in [5.41, 5.74) is 0. The normalized spacial score (nSPS) is 11.4. The van der Waals surface area contributed by atoms with Gasteiger partial charge < -0.3 is 52.1 Å². The number of hydrogen-bond donors (Lipinski definition) is 0. The van der Waals surface area contributed by atoms with Gasteiger partial charge in [-0.15, -0.1) is 6.58 Å². The first kappa shape index (κ1) is 41.0. The van der Waals surface area contributed by atoms with E-state index in [0.29, 0.717) is 139 Å². The molecule has 0 aliphatic heterocycles. The lowest BCUT2D eigenvalue weighted by Crippen LogP contribution is -2.15. The Hall–Kier alpha value is 0.0300. The van der Waals surface area contributed by atoms with Crippen molar-refractivity contribution in [1.82, 2.24) is 0 Å². The van der Waals surface area contributed by atoms with Crippen LogP contribution in [0.25, 0.3) is 0 Å². The average Bonchev–Trinajstić information content (AvgIpc) is 2.98. The van der Waals surface area contributed by atoms with Crippen LogP contribution in [-0.4, -0.2) is 150 Å². The zero-order chi connectivity index (χ0) is 29.6. The molecule has 0 aliphatic carbocycles. The Labute approximate surface area is 262 Å². The van der Waals surface area contributed by atoms with Gasteiger partial charge in [-0.05, 0) is 17.3 Å². The molecule has 11 nitrogen and oxygen atoms in total. The number of unbranched alkanes of at least 4 members (excludes halogenated alkanes) is 3. The third-order valence-corrected chi connectivity index (χ3v) is 5.89. The topological polar surface area (TPSA) is 102 Å². The highest BCUT2D eigenvalue weighted by atomic mass is 127. The van der Waals surface area contributed by atoms with Gasteiger partial charge in [0.15, 0.2) is 0 Å². The molecule has 246 valence electrons. The fraction of sp³-hybridized carbons (Fsp3) is 0.931. The minimum absolute atomic E-state index is 0.522. The van der Waals surface area contributed by atoms with Crippen molar-refractivity contribution in [2.45, 2.75) is 25.7 Å². The third kappa shape index (κ3) is 40.0. The smallest absolute Gasteiger partial charge is 0.0704 e. The molecule has 0 fully saturated rings. The molecule has 0 saturated carbocycles. The lowest BCUT2D eigenvalue weighted by Gasteiger charge is -2.09. The fourth-order valence-corrected chi connectivity index (χ4v) is 3.56. The molecule has 0 aromatic carbocycles. The van der Waals surface area contributed by atoms with Crippen LogP contribution in [-0.2, 0) is 52.1 Å². The fourth-order valence-electron chi connectivity index (χ4n) is 3.02. The van der Waals surface area contributed by atoms with Crippen molar-refractivity contribution in [3.05, 3.63) is 12.7 Å². The van der Waals surface area contributed by atoms with Crippen LogP contribution in [0, 0.1) is 0 Å². The molecule has 0 saturated heterocycles. The van der Waals surface area contributed by atoms with Crippen molar-refractivity contribution in [3.8, 4) is 0 Å². The van der Waals surface area contributed by atoms with Gasteiger partial charge in [-0.2, -0.15) is 0 Å². The molecular formula is C29H57IO11. The molecule has 12 heteroatoms. The lowest BCUT2D eigenvalue weighted by molar-refractivity contribution is -0.0273. The van der Waals surface area contributed by atoms with Crippen LogP contribution in [0.5, 0.6) is 0 Å². The second kappa shape index (κ2) is 40.0. The highest BCUT2D eigenvalue weighted by Crippen LogP contribution is 2.02. The van der Waals surface area contributed by atoms with Gasteiger partial charge >= 0.3 is 0 Å². The molecule has 0 aromatic heterocycles. The van der Waals surface area contributed by atoms with Crippen molar-refractivity contribution >= 4 is 22.6 Å². The van der Waals surface area contributed by atoms with E-state index in [1.807, 2.05) is 0 Å². The standard InChI is InChI=1S/C29H57IO11/c1-2-8-31-10-12-33-14-16-35-18-20-37-22-24-39-26-28-41-29-27-40-25-23-38-21-19-36-17-15-34-13-11-32-9-6-4-3-5-7-30/h2H,1,3-29H2. The average molecular weight is 709 g/mol. The lowest BCUT2D eigenvalue weighted by atomic mass is 10.2. The SMILES string of the molecule is C=CCOCCOCCOCCOCCOCCOCCOCCOCCOCCOCCOCCCCCCI. The number of ether oxygens (including phenoxy) is 11. The molecule has 0 spiro atoms. The Morgan fingerprint density at radius 1 is 0.317 bits per heavy atom. The molecule has 0 aliphatic rings. The van der Waals surface area contributed by atoms with Crippen LogP contribution < -0.4 is 0 Å². The zero-order valence-electron chi connectivity index (χ0n) is 25.2. The van der Waals surface area contributed by atoms with E-state index in [1.165, 1.54) is 23.7 Å². The van der Waals surface area contributed by atoms with Crippen LogP contribution in [0.4, 0.5) is 0 Å². The van der Waals surface area contributed by atoms with Crippen LogP contribution >= 0.6 is 22.6 Å². The molecule has 0 atom stereocenters. The second-order valence-electron chi connectivity index (χ2n) is 8.59. The van der Waals surface area contributed by atoms with Crippen molar-refractivity contribution in [2.24, 2.45) is 0 Å². The number of halogens is 1. The van der Waals surface area contributed by atoms with Crippen molar-refractivity contribution in [3.63, 3.8) is 0 Å². The number of hydrogen-bond acceptors (Lipinski definition) is 11. The predicted octanol–water partition coefficient (Wildman–Crippen LogP) is 3.35. The van der Waals surface area contributed by atoms with Crippen molar-refractivity contribution in [2.75, 3.05) is 150 Å². The molecule has 0 unspecified atom stereocenters. The van der Waals surface area contributed by atoms with Crippen LogP contribution in [0.3, 0.4) is 0 Å². The van der Waals surface area contributed by atoms with Crippen molar-refractivity contribution < 1.29 is 52.1 Å². The quantitative estimate of drug-likeness (QED) is 0.0409. The first-order valence-corrected chi connectivity index (χ1v) is 16.5. The van der Waals surface area contributed by atoms with E-state index in [4.69, 9.17) is 52.1 Å². The molecule has 0 heterocycles. The highest BCUT2D eigenvalue weighted by molar-refractivity contribution is 14.1. The third-order valence-electron chi connectivity index (χ3n) is 5.13. The Bertz CT molecular complexity index is 478. The summed E-state index contributed by atoms with van der Waals surface area (Å²) in [5, 5.41) is 0. The minimum Gasteiger partial charge on any atom is -0.379 e. The van der Waals surface area contributed by atoms with E-state index < -0.39 is 0 Å². The van der Waals surface area contributed by atoms with Gasteiger partial charge in [0.2, 0.25) is 0 Å². The second-order valence-corrected chi connectivity index (χ2v) is 9.67. The number of alkyl halides is 1. The van der Waals surface area contributed by atoms with Crippen LogP contribution in [0.2, 0.25) is 0 Å². The van der Waals surface area contributed by atoms with Crippen molar-refractivity contribution in [1.29, 1.82) is 0 Å². The summed E-state index contributed by atoms with van der Waals surface area (Å²) in [7, 11) is 0. The molecule has 0 aromatic rings. The van der Waals surface area contributed by atoms with Gasteiger partial charge in [0, 0.05) is 6.61 Å². The van der Waals surface area contributed by atoms with E-state index >= 15 is 0 Å². The summed E-state index contributed by atoms with van der Waals surface area (Å²) in [5.74, 6) is 0.